The Bertz CT molecular complexity index is 1110. The second-order valence-corrected chi connectivity index (χ2v) is 4.98. The molecule has 0 aliphatic heterocycles. The maximum absolute atomic E-state index is 12.8. The van der Waals surface area contributed by atoms with E-state index in [-0.39, 0.29) is 10.8 Å². The van der Waals surface area contributed by atoms with Crippen LogP contribution in [0.1, 0.15) is 11.1 Å². The zero-order valence-corrected chi connectivity index (χ0v) is 12.6. The van der Waals surface area contributed by atoms with Crippen molar-refractivity contribution in [1.82, 2.24) is 25.7 Å². The number of rotatable bonds is 2. The van der Waals surface area contributed by atoms with Crippen LogP contribution in [-0.4, -0.2) is 15.4 Å². The number of carbonyl (C=O) groups is 1. The van der Waals surface area contributed by atoms with Crippen LogP contribution in [0.4, 0.5) is 4.79 Å². The molecule has 0 aliphatic carbocycles. The summed E-state index contributed by atoms with van der Waals surface area (Å²) in [5.74, 6) is 4.95. The van der Waals surface area contributed by atoms with Gasteiger partial charge in [0.2, 0.25) is 0 Å². The first-order valence-corrected chi connectivity index (χ1v) is 6.94. The number of hydrogen-bond donors (Lipinski definition) is 4. The summed E-state index contributed by atoms with van der Waals surface area (Å²) in [6.07, 6.45) is 1.31. The largest absolute Gasteiger partial charge is 0.347 e. The van der Waals surface area contributed by atoms with Gasteiger partial charge in [-0.15, -0.1) is 0 Å². The molecular formula is C15H13N7O2. The van der Waals surface area contributed by atoms with Crippen molar-refractivity contribution in [2.75, 3.05) is 0 Å². The van der Waals surface area contributed by atoms with E-state index in [2.05, 4.69) is 21.9 Å². The van der Waals surface area contributed by atoms with Crippen molar-refractivity contribution >= 4 is 28.9 Å². The fraction of sp³-hybridized carbons (Fsp3) is 0.0667. The van der Waals surface area contributed by atoms with Gasteiger partial charge in [-0.05, 0) is 24.6 Å². The normalized spacial score (nSPS) is 11.5. The molecule has 2 heterocycles. The molecule has 3 rings (SSSR count). The Morgan fingerprint density at radius 2 is 2.17 bits per heavy atom. The van der Waals surface area contributed by atoms with Gasteiger partial charge < -0.3 is 5.43 Å². The maximum atomic E-state index is 12.8. The topological polar surface area (TPSA) is 137 Å². The quantitative estimate of drug-likeness (QED) is 0.276. The highest BCUT2D eigenvalue weighted by molar-refractivity contribution is 5.82. The van der Waals surface area contributed by atoms with Crippen LogP contribution in [0.5, 0.6) is 0 Å². The monoisotopic (exact) mass is 323 g/mol. The molecule has 2 aromatic heterocycles. The van der Waals surface area contributed by atoms with Crippen LogP contribution in [0, 0.1) is 18.3 Å². The molecule has 0 saturated carbocycles. The van der Waals surface area contributed by atoms with E-state index in [1.807, 2.05) is 11.5 Å². The average molecular weight is 323 g/mol. The number of amides is 2. The van der Waals surface area contributed by atoms with Gasteiger partial charge >= 0.3 is 6.03 Å². The van der Waals surface area contributed by atoms with Gasteiger partial charge in [-0.2, -0.15) is 5.26 Å². The number of imidazole rings is 1. The van der Waals surface area contributed by atoms with E-state index >= 15 is 0 Å². The molecule has 0 aliphatic rings. The van der Waals surface area contributed by atoms with Crippen molar-refractivity contribution in [3.63, 3.8) is 0 Å². The van der Waals surface area contributed by atoms with Gasteiger partial charge in [0.15, 0.2) is 5.65 Å². The van der Waals surface area contributed by atoms with Crippen molar-refractivity contribution in [3.8, 4) is 6.07 Å². The van der Waals surface area contributed by atoms with Crippen LogP contribution < -0.4 is 32.9 Å². The van der Waals surface area contributed by atoms with E-state index in [0.29, 0.717) is 27.8 Å². The minimum Gasteiger partial charge on any atom is -0.304 e. The molecule has 2 amide bonds. The first-order valence-electron chi connectivity index (χ1n) is 6.94. The lowest BCUT2D eigenvalue weighted by Gasteiger charge is -2.05. The van der Waals surface area contributed by atoms with Gasteiger partial charge in [0.25, 0.3) is 5.56 Å². The predicted molar refractivity (Wildman–Crippen MR) is 87.1 cm³/mol. The van der Waals surface area contributed by atoms with Crippen molar-refractivity contribution < 1.29 is 4.79 Å². The molecule has 9 nitrogen and oxygen atoms in total. The fourth-order valence-electron chi connectivity index (χ4n) is 2.50. The van der Waals surface area contributed by atoms with Crippen LogP contribution in [0.3, 0.4) is 0 Å². The molecule has 120 valence electrons. The summed E-state index contributed by atoms with van der Waals surface area (Å²) in [6, 6.07) is 8.53. The van der Waals surface area contributed by atoms with Crippen LogP contribution in [0.2, 0.25) is 0 Å². The van der Waals surface area contributed by atoms with Gasteiger partial charge in [0, 0.05) is 6.20 Å². The molecule has 0 unspecified atom stereocenters. The van der Waals surface area contributed by atoms with E-state index < -0.39 is 6.03 Å². The summed E-state index contributed by atoms with van der Waals surface area (Å²) < 4.78 is 1.39. The minimum absolute atomic E-state index is 0.236. The summed E-state index contributed by atoms with van der Waals surface area (Å²) in [7, 11) is 0. The molecule has 0 atom stereocenters. The molecular weight excluding hydrogens is 310 g/mol. The van der Waals surface area contributed by atoms with E-state index in [1.54, 1.807) is 25.1 Å². The third-order valence-corrected chi connectivity index (χ3v) is 3.64. The number of nitrogens with one attached hydrogen (secondary N) is 3. The number of nitrogens with two attached hydrogens (primary N) is 1. The second kappa shape index (κ2) is 5.86. The Morgan fingerprint density at radius 1 is 1.42 bits per heavy atom. The number of hydrazine groups is 2. The van der Waals surface area contributed by atoms with Gasteiger partial charge in [-0.25, -0.2) is 15.6 Å². The highest BCUT2D eigenvalue weighted by Crippen LogP contribution is 2.17. The Balaban J connectivity index is 2.33. The molecule has 1 aromatic carbocycles. The summed E-state index contributed by atoms with van der Waals surface area (Å²) in [5, 5.41) is 9.71. The number of benzene rings is 1. The lowest BCUT2D eigenvalue weighted by atomic mass is 10.1. The minimum atomic E-state index is -0.675. The maximum Gasteiger partial charge on any atom is 0.347 e. The highest BCUT2D eigenvalue weighted by atomic mass is 16.2. The number of pyridine rings is 1. The SMILES string of the molecule is Cc1c(C#N)c2nc3ccccc3n2c(=O)/c1=C/NNC(=O)NN. The zero-order chi connectivity index (χ0) is 17.3. The summed E-state index contributed by atoms with van der Waals surface area (Å²) in [4.78, 5) is 28.3. The molecule has 0 spiro atoms. The lowest BCUT2D eigenvalue weighted by molar-refractivity contribution is 0.239. The van der Waals surface area contributed by atoms with Crippen LogP contribution in [-0.2, 0) is 0 Å². The number of urea groups is 1. The van der Waals surface area contributed by atoms with Crippen molar-refractivity contribution in [3.05, 3.63) is 51.0 Å². The number of fused-ring (bicyclic) bond motifs is 3. The number of hydrogen-bond acceptors (Lipinski definition) is 6. The lowest BCUT2D eigenvalue weighted by Crippen LogP contribution is -2.46. The third-order valence-electron chi connectivity index (χ3n) is 3.64. The highest BCUT2D eigenvalue weighted by Gasteiger charge is 2.15. The van der Waals surface area contributed by atoms with Crippen molar-refractivity contribution in [2.24, 2.45) is 5.84 Å². The van der Waals surface area contributed by atoms with Crippen LogP contribution >= 0.6 is 0 Å². The Morgan fingerprint density at radius 3 is 2.88 bits per heavy atom. The van der Waals surface area contributed by atoms with E-state index in [4.69, 9.17) is 5.84 Å². The van der Waals surface area contributed by atoms with E-state index in [0.717, 1.165) is 0 Å². The van der Waals surface area contributed by atoms with Gasteiger partial charge in [0.1, 0.15) is 6.07 Å². The zero-order valence-electron chi connectivity index (χ0n) is 12.6. The van der Waals surface area contributed by atoms with Crippen LogP contribution in [0.15, 0.2) is 29.1 Å². The molecule has 9 heteroatoms. The number of para-hydroxylation sites is 2. The fourth-order valence-corrected chi connectivity index (χ4v) is 2.50. The third kappa shape index (κ3) is 2.27. The van der Waals surface area contributed by atoms with E-state index in [1.165, 1.54) is 10.6 Å². The molecule has 0 bridgehead atoms. The number of nitriles is 1. The molecule has 3 aromatic rings. The molecule has 24 heavy (non-hydrogen) atoms. The Labute approximate surface area is 135 Å². The predicted octanol–water partition coefficient (Wildman–Crippen LogP) is -0.838. The molecule has 0 saturated heterocycles. The Kier molecular flexibility index (Phi) is 3.73. The molecule has 5 N–H and O–H groups in total. The smallest absolute Gasteiger partial charge is 0.304 e. The molecule has 0 fully saturated rings. The standard InChI is InChI=1S/C15H13N7O2/c1-8-9(6-16)13-19-11-4-2-3-5-12(11)22(13)14(23)10(8)7-18-21-15(24)20-17/h2-5,7,18H,17H2,1H3,(H2,20,21,24)/b10-7+. The van der Waals surface area contributed by atoms with Gasteiger partial charge in [0.05, 0.1) is 21.8 Å². The van der Waals surface area contributed by atoms with Crippen molar-refractivity contribution in [2.45, 2.75) is 6.92 Å². The van der Waals surface area contributed by atoms with E-state index in [9.17, 15) is 14.9 Å². The first kappa shape index (κ1) is 15.3. The second-order valence-electron chi connectivity index (χ2n) is 4.98. The number of carbonyl (C=O) groups excluding carboxylic acids is 1. The Hall–Kier alpha value is -3.64. The van der Waals surface area contributed by atoms with Gasteiger partial charge in [-0.1, -0.05) is 12.1 Å². The summed E-state index contributed by atoms with van der Waals surface area (Å²) in [5.41, 5.74) is 8.53. The number of aromatic nitrogens is 2. The molecule has 0 radical (unpaired) electrons. The summed E-state index contributed by atoms with van der Waals surface area (Å²) in [6.45, 7) is 1.65. The first-order chi connectivity index (χ1) is 11.6. The average Bonchev–Trinajstić information content (AvgIpc) is 2.97. The number of nitrogens with zero attached hydrogens (tertiary/aromatic N) is 3. The van der Waals surface area contributed by atoms with Crippen molar-refractivity contribution in [1.29, 1.82) is 5.26 Å². The van der Waals surface area contributed by atoms with Crippen LogP contribution in [0.25, 0.3) is 22.9 Å². The van der Waals surface area contributed by atoms with Gasteiger partial charge in [-0.3, -0.25) is 20.0 Å². The summed E-state index contributed by atoms with van der Waals surface area (Å²) >= 11 is 0.